The number of piperidine rings is 2. The van der Waals surface area contributed by atoms with E-state index in [-0.39, 0.29) is 28.7 Å². The molecule has 3 saturated heterocycles. The van der Waals surface area contributed by atoms with Crippen LogP contribution in [0.5, 0.6) is 0 Å². The summed E-state index contributed by atoms with van der Waals surface area (Å²) >= 11 is 6.58. The molecule has 1 saturated carbocycles. The maximum atomic E-state index is 14.9. The largest absolute Gasteiger partial charge is 0.366 e. The van der Waals surface area contributed by atoms with E-state index in [4.69, 9.17) is 16.6 Å². The number of halogens is 2. The van der Waals surface area contributed by atoms with Crippen LogP contribution in [-0.2, 0) is 19.8 Å². The lowest BCUT2D eigenvalue weighted by Crippen LogP contribution is -2.49. The molecular formula is C45H50ClFN6O4. The summed E-state index contributed by atoms with van der Waals surface area (Å²) in [6.45, 7) is 4.99. The minimum absolute atomic E-state index is 0.134. The number of benzene rings is 3. The molecule has 1 aromatic heterocycles. The molecule has 5 aliphatic rings. The van der Waals surface area contributed by atoms with Crippen LogP contribution in [0.2, 0.25) is 5.02 Å². The number of aromatic nitrogens is 2. The van der Waals surface area contributed by atoms with E-state index in [2.05, 4.69) is 27.7 Å². The number of fused-ring (bicyclic) bond motifs is 7. The zero-order valence-corrected chi connectivity index (χ0v) is 33.2. The fourth-order valence-corrected chi connectivity index (χ4v) is 10.6. The van der Waals surface area contributed by atoms with Crippen molar-refractivity contribution >= 4 is 51.6 Å². The summed E-state index contributed by atoms with van der Waals surface area (Å²) in [6, 6.07) is 17.1. The zero-order valence-electron chi connectivity index (χ0n) is 32.5. The van der Waals surface area contributed by atoms with Crippen LogP contribution < -0.4 is 15.4 Å². The first-order valence-electron chi connectivity index (χ1n) is 21.0. The van der Waals surface area contributed by atoms with Crippen molar-refractivity contribution in [2.45, 2.75) is 94.8 Å². The summed E-state index contributed by atoms with van der Waals surface area (Å²) in [7, 11) is 0. The molecule has 10 nitrogen and oxygen atoms in total. The van der Waals surface area contributed by atoms with E-state index in [0.29, 0.717) is 79.6 Å². The van der Waals surface area contributed by atoms with Crippen LogP contribution in [0.4, 0.5) is 15.8 Å². The maximum Gasteiger partial charge on any atom is 0.282 e. The summed E-state index contributed by atoms with van der Waals surface area (Å²) < 4.78 is 17.2. The molecule has 0 N–H and O–H groups in total. The summed E-state index contributed by atoms with van der Waals surface area (Å²) in [5.41, 5.74) is 4.94. The molecule has 12 heteroatoms. The Morgan fingerprint density at radius 3 is 2.33 bits per heavy atom. The third-order valence-corrected chi connectivity index (χ3v) is 13.7. The summed E-state index contributed by atoms with van der Waals surface area (Å²) in [5, 5.41) is 0.939. The van der Waals surface area contributed by atoms with E-state index >= 15 is 0 Å². The smallest absolute Gasteiger partial charge is 0.282 e. The lowest BCUT2D eigenvalue weighted by Gasteiger charge is -2.37. The second-order valence-corrected chi connectivity index (χ2v) is 17.1. The van der Waals surface area contributed by atoms with Gasteiger partial charge < -0.3 is 14.7 Å². The molecule has 0 atom stereocenters. The first-order valence-corrected chi connectivity index (χ1v) is 21.4. The van der Waals surface area contributed by atoms with E-state index in [1.54, 1.807) is 12.1 Å². The number of nitrogens with zero attached hydrogens (tertiary/aromatic N) is 6. The minimum atomic E-state index is -0.402. The quantitative estimate of drug-likeness (QED) is 0.135. The highest BCUT2D eigenvalue weighted by molar-refractivity contribution is 6.35. The molecule has 4 aliphatic heterocycles. The van der Waals surface area contributed by atoms with E-state index < -0.39 is 5.82 Å². The second kappa shape index (κ2) is 15.6. The fourth-order valence-electron chi connectivity index (χ4n) is 10.3. The molecule has 3 aromatic carbocycles. The molecule has 57 heavy (non-hydrogen) atoms. The normalized spacial score (nSPS) is 20.1. The van der Waals surface area contributed by atoms with Gasteiger partial charge in [0, 0.05) is 45.4 Å². The highest BCUT2D eigenvalue weighted by atomic mass is 35.5. The first-order chi connectivity index (χ1) is 27.7. The molecule has 1 spiro atoms. The Hall–Kier alpha value is -4.61. The Kier molecular flexibility index (Phi) is 10.4. The highest BCUT2D eigenvalue weighted by Gasteiger charge is 2.46. The minimum Gasteiger partial charge on any atom is -0.366 e. The summed E-state index contributed by atoms with van der Waals surface area (Å²) in [4.78, 5) is 63.6. The number of carbonyl (C=O) groups excluding carboxylic acids is 3. The number of hydrogen-bond acceptors (Lipinski definition) is 7. The highest BCUT2D eigenvalue weighted by Crippen LogP contribution is 2.52. The van der Waals surface area contributed by atoms with Gasteiger partial charge >= 0.3 is 0 Å². The predicted octanol–water partition coefficient (Wildman–Crippen LogP) is 7.48. The van der Waals surface area contributed by atoms with Gasteiger partial charge in [-0.15, -0.1) is 0 Å². The number of imide groups is 1. The number of carbonyl (C=O) groups is 3. The number of likely N-dealkylation sites (tertiary alicyclic amines) is 1. The average molecular weight is 793 g/mol. The lowest BCUT2D eigenvalue weighted by molar-refractivity contribution is -0.132. The molecule has 0 unspecified atom stereocenters. The van der Waals surface area contributed by atoms with Crippen LogP contribution in [0.1, 0.15) is 106 Å². The first kappa shape index (κ1) is 37.9. The third kappa shape index (κ3) is 6.94. The van der Waals surface area contributed by atoms with Crippen LogP contribution in [0.3, 0.4) is 0 Å². The van der Waals surface area contributed by atoms with Crippen LogP contribution in [-0.4, -0.2) is 82.9 Å². The van der Waals surface area contributed by atoms with Crippen molar-refractivity contribution in [2.24, 2.45) is 0 Å². The molecule has 3 amide bonds. The van der Waals surface area contributed by atoms with Gasteiger partial charge in [-0.2, -0.15) is 4.98 Å². The van der Waals surface area contributed by atoms with Crippen molar-refractivity contribution in [3.05, 3.63) is 92.7 Å². The third-order valence-electron chi connectivity index (χ3n) is 13.4. The van der Waals surface area contributed by atoms with Gasteiger partial charge in [0.2, 0.25) is 17.7 Å². The van der Waals surface area contributed by atoms with Crippen LogP contribution in [0.15, 0.2) is 59.4 Å². The number of anilines is 2. The van der Waals surface area contributed by atoms with Crippen LogP contribution >= 0.6 is 11.6 Å². The van der Waals surface area contributed by atoms with E-state index in [0.717, 1.165) is 88.0 Å². The van der Waals surface area contributed by atoms with Gasteiger partial charge in [0.05, 0.1) is 38.4 Å². The van der Waals surface area contributed by atoms with Gasteiger partial charge in [-0.1, -0.05) is 49.1 Å². The molecule has 9 rings (SSSR count). The molecule has 4 aromatic rings. The van der Waals surface area contributed by atoms with Gasteiger partial charge in [0.25, 0.3) is 5.56 Å². The van der Waals surface area contributed by atoms with Gasteiger partial charge in [-0.05, 0) is 118 Å². The fraction of sp³-hybridized carbons (Fsp3) is 0.489. The topological polar surface area (TPSA) is 99.1 Å². The number of piperazine rings is 1. The number of unbranched alkanes of at least 4 members (excludes halogenated alkanes) is 1. The second-order valence-electron chi connectivity index (χ2n) is 16.7. The SMILES string of the molecule is O=C(CCCCN1CCC(c2ccc3c(c2)-n2c(nc(=O)c4c(Cl)cccc42)C32CCCCC2)CC1)N1CCN(c2cc(N3C(=O)CCCC3=O)ccc2F)CC1. The predicted molar refractivity (Wildman–Crippen MR) is 220 cm³/mol. The molecule has 1 aliphatic carbocycles. The Bertz CT molecular complexity index is 2270. The van der Waals surface area contributed by atoms with Crippen LogP contribution in [0.25, 0.3) is 16.6 Å². The van der Waals surface area contributed by atoms with Crippen LogP contribution in [0, 0.1) is 5.82 Å². The van der Waals surface area contributed by atoms with Gasteiger partial charge in [0.15, 0.2) is 0 Å². The van der Waals surface area contributed by atoms with Crippen molar-refractivity contribution in [1.29, 1.82) is 0 Å². The zero-order chi connectivity index (χ0) is 39.3. The molecule has 298 valence electrons. The molecule has 4 fully saturated rings. The maximum absolute atomic E-state index is 14.9. The Morgan fingerprint density at radius 1 is 0.825 bits per heavy atom. The summed E-state index contributed by atoms with van der Waals surface area (Å²) in [5.74, 6) is 0.560. The van der Waals surface area contributed by atoms with E-state index in [9.17, 15) is 23.6 Å². The van der Waals surface area contributed by atoms with Crippen molar-refractivity contribution in [2.75, 3.05) is 55.6 Å². The molecule has 0 radical (unpaired) electrons. The van der Waals surface area contributed by atoms with E-state index in [1.807, 2.05) is 21.9 Å². The summed E-state index contributed by atoms with van der Waals surface area (Å²) in [6.07, 6.45) is 11.1. The number of hydrogen-bond donors (Lipinski definition) is 0. The number of rotatable bonds is 8. The molecular weight excluding hydrogens is 743 g/mol. The standard InChI is InChI=1S/C45H50ClFN6O4/c46-34-8-6-9-36-42(34)43(57)48-44-45(19-3-1-4-20-45)33-15-13-31(28-37(33)53(36)44)30-17-22-49(23-18-30)21-5-2-10-39(54)51-26-24-50(25-27-51)38-29-32(14-16-35(38)47)52-40(55)11-7-12-41(52)56/h6,8-9,13-16,28-30H,1-5,7,10-12,17-27H2. The monoisotopic (exact) mass is 792 g/mol. The molecule has 0 bridgehead atoms. The van der Waals surface area contributed by atoms with Crippen molar-refractivity contribution in [1.82, 2.24) is 19.4 Å². The lowest BCUT2D eigenvalue weighted by atomic mass is 9.69. The molecule has 5 heterocycles. The Morgan fingerprint density at radius 2 is 1.58 bits per heavy atom. The van der Waals surface area contributed by atoms with Gasteiger partial charge in [-0.25, -0.2) is 4.39 Å². The van der Waals surface area contributed by atoms with Crippen molar-refractivity contribution in [3.8, 4) is 5.69 Å². The van der Waals surface area contributed by atoms with Crippen molar-refractivity contribution in [3.63, 3.8) is 0 Å². The van der Waals surface area contributed by atoms with Gasteiger partial charge in [0.1, 0.15) is 11.6 Å². The van der Waals surface area contributed by atoms with E-state index in [1.165, 1.54) is 34.6 Å². The Balaban J connectivity index is 0.774. The van der Waals surface area contributed by atoms with Gasteiger partial charge in [-0.3, -0.25) is 28.6 Å². The Labute approximate surface area is 337 Å². The average Bonchev–Trinajstić information content (AvgIpc) is 3.48. The van der Waals surface area contributed by atoms with Crippen molar-refractivity contribution < 1.29 is 18.8 Å². The number of amides is 3.